The molecule has 2 aromatic rings. The third-order valence-electron chi connectivity index (χ3n) is 10.1. The lowest BCUT2D eigenvalue weighted by molar-refractivity contribution is -0.178. The van der Waals surface area contributed by atoms with Crippen LogP contribution in [-0.4, -0.2) is 24.1 Å². The van der Waals surface area contributed by atoms with Crippen LogP contribution in [0.2, 0.25) is 0 Å². The molecule has 35 heavy (non-hydrogen) atoms. The average molecular weight is 475 g/mol. The fourth-order valence-electron chi connectivity index (χ4n) is 7.80. The van der Waals surface area contributed by atoms with Gasteiger partial charge in [-0.1, -0.05) is 57.2 Å². The topological polar surface area (TPSA) is 52.6 Å². The first kappa shape index (κ1) is 24.1. The summed E-state index contributed by atoms with van der Waals surface area (Å²) < 4.78 is 12.0. The zero-order valence-corrected chi connectivity index (χ0v) is 21.2. The van der Waals surface area contributed by atoms with E-state index in [-0.39, 0.29) is 35.0 Å². The number of rotatable bonds is 4. The van der Waals surface area contributed by atoms with Crippen molar-refractivity contribution in [1.29, 1.82) is 0 Å². The number of benzene rings is 2. The van der Waals surface area contributed by atoms with Crippen molar-refractivity contribution in [1.82, 2.24) is 0 Å². The Bertz CT molecular complexity index is 1050. The second-order valence-corrected chi connectivity index (χ2v) is 11.6. The van der Waals surface area contributed by atoms with Crippen LogP contribution in [0.5, 0.6) is 0 Å². The molecule has 2 aromatic carbocycles. The Morgan fingerprint density at radius 1 is 0.743 bits per heavy atom. The van der Waals surface area contributed by atoms with Gasteiger partial charge in [-0.25, -0.2) is 9.59 Å². The van der Waals surface area contributed by atoms with Gasteiger partial charge >= 0.3 is 11.9 Å². The Kier molecular flexibility index (Phi) is 6.50. The fraction of sp³-hybridized carbons (Fsp3) is 0.548. The summed E-state index contributed by atoms with van der Waals surface area (Å²) in [5.41, 5.74) is 1.69. The maximum absolute atomic E-state index is 12.8. The minimum absolute atomic E-state index is 0.00141. The van der Waals surface area contributed by atoms with Crippen LogP contribution in [-0.2, 0) is 9.47 Å². The Labute approximate surface area is 209 Å². The Morgan fingerprint density at radius 3 is 1.94 bits per heavy atom. The van der Waals surface area contributed by atoms with E-state index in [9.17, 15) is 9.59 Å². The highest BCUT2D eigenvalue weighted by molar-refractivity contribution is 5.89. The Balaban J connectivity index is 1.25. The highest BCUT2D eigenvalue weighted by atomic mass is 16.5. The molecule has 7 atom stereocenters. The third kappa shape index (κ3) is 4.30. The first-order chi connectivity index (χ1) is 16.8. The maximum atomic E-state index is 12.8. The minimum Gasteiger partial charge on any atom is -0.459 e. The van der Waals surface area contributed by atoms with E-state index in [1.54, 1.807) is 0 Å². The molecule has 0 spiro atoms. The number of esters is 2. The van der Waals surface area contributed by atoms with E-state index in [0.717, 1.165) is 44.9 Å². The maximum Gasteiger partial charge on any atom is 0.338 e. The molecule has 0 aromatic heterocycles. The van der Waals surface area contributed by atoms with Crippen molar-refractivity contribution < 1.29 is 19.1 Å². The molecule has 0 bridgehead atoms. The molecule has 0 amide bonds. The molecule has 0 heterocycles. The van der Waals surface area contributed by atoms with E-state index < -0.39 is 0 Å². The predicted molar refractivity (Wildman–Crippen MR) is 136 cm³/mol. The molecular formula is C31H38O4. The van der Waals surface area contributed by atoms with Gasteiger partial charge in [-0.15, -0.1) is 0 Å². The van der Waals surface area contributed by atoms with Crippen molar-refractivity contribution in [2.24, 2.45) is 28.6 Å². The van der Waals surface area contributed by atoms with Crippen molar-refractivity contribution in [3.05, 3.63) is 71.8 Å². The molecule has 3 fully saturated rings. The summed E-state index contributed by atoms with van der Waals surface area (Å²) in [6.07, 6.45) is 7.24. The van der Waals surface area contributed by atoms with E-state index >= 15 is 0 Å². The summed E-state index contributed by atoms with van der Waals surface area (Å²) in [7, 11) is 0. The molecule has 0 aliphatic heterocycles. The van der Waals surface area contributed by atoms with Crippen molar-refractivity contribution in [2.75, 3.05) is 0 Å². The lowest BCUT2D eigenvalue weighted by Crippen LogP contribution is -2.59. The highest BCUT2D eigenvalue weighted by Gasteiger charge is 2.61. The molecule has 0 N–H and O–H groups in total. The fourth-order valence-corrected chi connectivity index (χ4v) is 7.80. The molecule has 186 valence electrons. The largest absolute Gasteiger partial charge is 0.459 e. The number of hydrogen-bond acceptors (Lipinski definition) is 4. The standard InChI is InChI=1S/C31H38O4/c1-21-26-15-14-24-20-25(34-28(32)22-10-6-4-7-11-22)16-18-30(24,2)31(26,3)19-17-27(21)35-29(33)23-12-8-5-9-13-23/h4-13,21,24-27H,14-20H2,1-3H3/t21-,24+,25+,26+,27+,30-,31+/m0/s1. The van der Waals surface area contributed by atoms with Crippen LogP contribution in [0.4, 0.5) is 0 Å². The summed E-state index contributed by atoms with van der Waals surface area (Å²) in [6.45, 7) is 7.27. The molecule has 0 radical (unpaired) electrons. The van der Waals surface area contributed by atoms with Crippen LogP contribution in [0, 0.1) is 28.6 Å². The SMILES string of the molecule is C[C@H]1[C@H]2CC[C@@H]3C[C@H](OC(=O)c4ccccc4)CC[C@]3(C)[C@]2(C)CC[C@H]1OC(=O)c1ccccc1. The van der Waals surface area contributed by atoms with E-state index in [4.69, 9.17) is 9.47 Å². The summed E-state index contributed by atoms with van der Waals surface area (Å²) in [5.74, 6) is 1.03. The van der Waals surface area contributed by atoms with Crippen LogP contribution < -0.4 is 0 Å². The Morgan fingerprint density at radius 2 is 1.31 bits per heavy atom. The number of carbonyl (C=O) groups is 2. The van der Waals surface area contributed by atoms with E-state index in [2.05, 4.69) is 20.8 Å². The monoisotopic (exact) mass is 474 g/mol. The molecule has 4 nitrogen and oxygen atoms in total. The third-order valence-corrected chi connectivity index (χ3v) is 10.1. The smallest absolute Gasteiger partial charge is 0.338 e. The number of fused-ring (bicyclic) bond motifs is 3. The van der Waals surface area contributed by atoms with Crippen LogP contribution in [0.1, 0.15) is 86.4 Å². The lowest BCUT2D eigenvalue weighted by atomic mass is 9.41. The molecule has 4 heteroatoms. The van der Waals surface area contributed by atoms with Gasteiger partial charge in [0, 0.05) is 0 Å². The van der Waals surface area contributed by atoms with Crippen LogP contribution in [0.25, 0.3) is 0 Å². The van der Waals surface area contributed by atoms with Crippen molar-refractivity contribution in [3.8, 4) is 0 Å². The van der Waals surface area contributed by atoms with Crippen molar-refractivity contribution >= 4 is 11.9 Å². The van der Waals surface area contributed by atoms with Gasteiger partial charge in [0.1, 0.15) is 12.2 Å². The first-order valence-corrected chi connectivity index (χ1v) is 13.3. The van der Waals surface area contributed by atoms with Gasteiger partial charge in [-0.05, 0) is 97.8 Å². The van der Waals surface area contributed by atoms with Gasteiger partial charge in [-0.3, -0.25) is 0 Å². The quantitative estimate of drug-likeness (QED) is 0.444. The van der Waals surface area contributed by atoms with Crippen molar-refractivity contribution in [2.45, 2.75) is 77.9 Å². The van der Waals surface area contributed by atoms with E-state index in [0.29, 0.717) is 28.9 Å². The molecule has 0 saturated heterocycles. The van der Waals surface area contributed by atoms with E-state index in [1.165, 1.54) is 0 Å². The molecular weight excluding hydrogens is 436 g/mol. The number of ether oxygens (including phenoxy) is 2. The second-order valence-electron chi connectivity index (χ2n) is 11.6. The normalized spacial score (nSPS) is 36.4. The molecule has 3 saturated carbocycles. The van der Waals surface area contributed by atoms with Gasteiger partial charge in [-0.2, -0.15) is 0 Å². The van der Waals surface area contributed by atoms with Gasteiger partial charge in [0.15, 0.2) is 0 Å². The first-order valence-electron chi connectivity index (χ1n) is 13.3. The molecule has 5 rings (SSSR count). The average Bonchev–Trinajstić information content (AvgIpc) is 2.88. The van der Waals surface area contributed by atoms with Crippen LogP contribution in [0.3, 0.4) is 0 Å². The summed E-state index contributed by atoms with van der Waals surface area (Å²) in [4.78, 5) is 25.4. The number of hydrogen-bond donors (Lipinski definition) is 0. The van der Waals surface area contributed by atoms with E-state index in [1.807, 2.05) is 60.7 Å². The molecule has 3 aliphatic carbocycles. The van der Waals surface area contributed by atoms with Gasteiger partial charge < -0.3 is 9.47 Å². The summed E-state index contributed by atoms with van der Waals surface area (Å²) >= 11 is 0. The Hall–Kier alpha value is -2.62. The lowest BCUT2D eigenvalue weighted by Gasteiger charge is -2.65. The zero-order valence-electron chi connectivity index (χ0n) is 21.2. The summed E-state index contributed by atoms with van der Waals surface area (Å²) in [5, 5.41) is 0. The summed E-state index contributed by atoms with van der Waals surface area (Å²) in [6, 6.07) is 18.7. The minimum atomic E-state index is -0.202. The second kappa shape index (κ2) is 9.44. The molecule has 3 aliphatic rings. The highest BCUT2D eigenvalue weighted by Crippen LogP contribution is 2.67. The predicted octanol–water partition coefficient (Wildman–Crippen LogP) is 7.09. The van der Waals surface area contributed by atoms with Gasteiger partial charge in [0.25, 0.3) is 0 Å². The van der Waals surface area contributed by atoms with Gasteiger partial charge in [0.2, 0.25) is 0 Å². The molecule has 0 unspecified atom stereocenters. The van der Waals surface area contributed by atoms with Gasteiger partial charge in [0.05, 0.1) is 11.1 Å². The van der Waals surface area contributed by atoms with Crippen molar-refractivity contribution in [3.63, 3.8) is 0 Å². The zero-order chi connectivity index (χ0) is 24.6. The number of carbonyl (C=O) groups excluding carboxylic acids is 2. The van der Waals surface area contributed by atoms with Crippen LogP contribution in [0.15, 0.2) is 60.7 Å². The van der Waals surface area contributed by atoms with Crippen LogP contribution >= 0.6 is 0 Å².